The van der Waals surface area contributed by atoms with Crippen LogP contribution in [-0.2, 0) is 13.0 Å². The van der Waals surface area contributed by atoms with Gasteiger partial charge in [-0.15, -0.1) is 0 Å². The number of ether oxygens (including phenoxy) is 1. The maximum atomic E-state index is 9.26. The summed E-state index contributed by atoms with van der Waals surface area (Å²) in [5.74, 6) is 1.22. The Kier molecular flexibility index (Phi) is 4.40. The van der Waals surface area contributed by atoms with Crippen molar-refractivity contribution < 1.29 is 9.84 Å². The molecule has 3 nitrogen and oxygen atoms in total. The molecule has 0 fully saturated rings. The molecule has 2 aromatic carbocycles. The molecular weight excluding hydrogens is 262 g/mol. The summed E-state index contributed by atoms with van der Waals surface area (Å²) in [6, 6.07) is 14.5. The molecule has 0 aliphatic carbocycles. The van der Waals surface area contributed by atoms with Gasteiger partial charge in [-0.05, 0) is 35.9 Å². The smallest absolute Gasteiger partial charge is 0.133 e. The van der Waals surface area contributed by atoms with Crippen LogP contribution in [0.1, 0.15) is 11.1 Å². The molecular formula is C15H12ClNO2. The van der Waals surface area contributed by atoms with Crippen LogP contribution in [0.15, 0.2) is 42.5 Å². The molecule has 1 N–H and O–H groups in total. The second kappa shape index (κ2) is 6.24. The Hall–Kier alpha value is -2.02. The summed E-state index contributed by atoms with van der Waals surface area (Å²) in [7, 11) is 0. The second-order valence-corrected chi connectivity index (χ2v) is 4.43. The molecule has 0 amide bonds. The van der Waals surface area contributed by atoms with Crippen LogP contribution < -0.4 is 4.74 Å². The topological polar surface area (TPSA) is 53.2 Å². The molecule has 0 aromatic heterocycles. The van der Waals surface area contributed by atoms with Gasteiger partial charge in [0, 0.05) is 10.6 Å². The third-order valence-electron chi connectivity index (χ3n) is 2.63. The van der Waals surface area contributed by atoms with E-state index in [1.165, 1.54) is 0 Å². The molecule has 0 bridgehead atoms. The molecule has 0 aliphatic rings. The largest absolute Gasteiger partial charge is 0.457 e. The lowest BCUT2D eigenvalue weighted by Gasteiger charge is -2.10. The van der Waals surface area contributed by atoms with Gasteiger partial charge in [-0.25, -0.2) is 0 Å². The van der Waals surface area contributed by atoms with E-state index in [1.807, 2.05) is 12.1 Å². The summed E-state index contributed by atoms with van der Waals surface area (Å²) in [6.45, 7) is -0.136. The van der Waals surface area contributed by atoms with Gasteiger partial charge >= 0.3 is 0 Å². The fourth-order valence-electron chi connectivity index (χ4n) is 1.66. The molecule has 4 heteroatoms. The van der Waals surface area contributed by atoms with Crippen molar-refractivity contribution in [2.24, 2.45) is 0 Å². The van der Waals surface area contributed by atoms with E-state index >= 15 is 0 Å². The number of hydrogen-bond donors (Lipinski definition) is 1. The minimum atomic E-state index is -0.136. The van der Waals surface area contributed by atoms with E-state index < -0.39 is 0 Å². The minimum absolute atomic E-state index is 0.136. The molecule has 0 aliphatic heterocycles. The number of halogens is 1. The lowest BCUT2D eigenvalue weighted by molar-refractivity contribution is 0.276. The predicted molar refractivity (Wildman–Crippen MR) is 73.2 cm³/mol. The van der Waals surface area contributed by atoms with Gasteiger partial charge in [-0.1, -0.05) is 23.7 Å². The van der Waals surface area contributed by atoms with Crippen molar-refractivity contribution in [3.63, 3.8) is 0 Å². The first-order chi connectivity index (χ1) is 9.22. The van der Waals surface area contributed by atoms with Gasteiger partial charge in [0.25, 0.3) is 0 Å². The normalized spacial score (nSPS) is 9.95. The average molecular weight is 274 g/mol. The van der Waals surface area contributed by atoms with Crippen molar-refractivity contribution in [3.05, 3.63) is 58.6 Å². The van der Waals surface area contributed by atoms with Crippen LogP contribution in [0.5, 0.6) is 11.5 Å². The molecule has 0 atom stereocenters. The summed E-state index contributed by atoms with van der Waals surface area (Å²) in [5.41, 5.74) is 1.57. The summed E-state index contributed by atoms with van der Waals surface area (Å²) in [4.78, 5) is 0. The molecule has 0 spiro atoms. The van der Waals surface area contributed by atoms with E-state index in [0.717, 1.165) is 5.56 Å². The van der Waals surface area contributed by atoms with E-state index in [9.17, 15) is 5.11 Å². The number of aliphatic hydroxyl groups excluding tert-OH is 1. The highest BCUT2D eigenvalue weighted by molar-refractivity contribution is 6.30. The van der Waals surface area contributed by atoms with Gasteiger partial charge in [-0.2, -0.15) is 5.26 Å². The maximum absolute atomic E-state index is 9.26. The molecule has 0 saturated carbocycles. The number of hydrogen-bond acceptors (Lipinski definition) is 3. The monoisotopic (exact) mass is 273 g/mol. The van der Waals surface area contributed by atoms with Gasteiger partial charge in [0.15, 0.2) is 0 Å². The Morgan fingerprint density at radius 1 is 1.16 bits per heavy atom. The maximum Gasteiger partial charge on any atom is 0.133 e. The van der Waals surface area contributed by atoms with E-state index in [0.29, 0.717) is 28.5 Å². The van der Waals surface area contributed by atoms with Crippen LogP contribution in [0.25, 0.3) is 0 Å². The summed E-state index contributed by atoms with van der Waals surface area (Å²) >= 11 is 5.86. The number of rotatable bonds is 4. The Bertz CT molecular complexity index is 603. The van der Waals surface area contributed by atoms with Crippen molar-refractivity contribution in [2.45, 2.75) is 13.0 Å². The van der Waals surface area contributed by atoms with Gasteiger partial charge in [0.2, 0.25) is 0 Å². The Balaban J connectivity index is 2.19. The number of aliphatic hydroxyl groups is 1. The third-order valence-corrected chi connectivity index (χ3v) is 2.86. The average Bonchev–Trinajstić information content (AvgIpc) is 2.43. The van der Waals surface area contributed by atoms with Crippen LogP contribution >= 0.6 is 11.6 Å². The van der Waals surface area contributed by atoms with Gasteiger partial charge in [-0.3, -0.25) is 0 Å². The van der Waals surface area contributed by atoms with E-state index in [-0.39, 0.29) is 6.61 Å². The Labute approximate surface area is 116 Å². The summed E-state index contributed by atoms with van der Waals surface area (Å²) in [6.07, 6.45) is 0.378. The Morgan fingerprint density at radius 2 is 1.89 bits per heavy atom. The van der Waals surface area contributed by atoms with Crippen LogP contribution in [-0.4, -0.2) is 5.11 Å². The fourth-order valence-corrected chi connectivity index (χ4v) is 1.86. The molecule has 0 unspecified atom stereocenters. The highest BCUT2D eigenvalue weighted by atomic mass is 35.5. The van der Waals surface area contributed by atoms with E-state index in [4.69, 9.17) is 21.6 Å². The predicted octanol–water partition coefficient (Wildman–Crippen LogP) is 3.69. The van der Waals surface area contributed by atoms with Crippen molar-refractivity contribution in [3.8, 4) is 17.6 Å². The molecule has 0 saturated heterocycles. The fraction of sp³-hybridized carbons (Fsp3) is 0.133. The van der Waals surface area contributed by atoms with Gasteiger partial charge < -0.3 is 9.84 Å². The Morgan fingerprint density at radius 3 is 2.53 bits per heavy atom. The van der Waals surface area contributed by atoms with Crippen molar-refractivity contribution in [1.82, 2.24) is 0 Å². The second-order valence-electron chi connectivity index (χ2n) is 3.99. The lowest BCUT2D eigenvalue weighted by Crippen LogP contribution is -1.92. The number of nitriles is 1. The van der Waals surface area contributed by atoms with Crippen molar-refractivity contribution in [2.75, 3.05) is 0 Å². The SMILES string of the molecule is N#CCc1ccc(Oc2ccc(Cl)cc2CO)cc1. The van der Waals surface area contributed by atoms with Crippen molar-refractivity contribution >= 4 is 11.6 Å². The van der Waals surface area contributed by atoms with Crippen LogP contribution in [0, 0.1) is 11.3 Å². The molecule has 2 rings (SSSR count). The highest BCUT2D eigenvalue weighted by Gasteiger charge is 2.05. The summed E-state index contributed by atoms with van der Waals surface area (Å²) < 4.78 is 5.69. The highest BCUT2D eigenvalue weighted by Crippen LogP contribution is 2.28. The zero-order valence-corrected chi connectivity index (χ0v) is 10.9. The van der Waals surface area contributed by atoms with E-state index in [1.54, 1.807) is 30.3 Å². The standard InChI is InChI=1S/C15H12ClNO2/c16-13-3-6-15(12(9-13)10-18)19-14-4-1-11(2-5-14)7-8-17/h1-6,9,18H,7,10H2. The van der Waals surface area contributed by atoms with Crippen LogP contribution in [0.4, 0.5) is 0 Å². The molecule has 0 radical (unpaired) electrons. The van der Waals surface area contributed by atoms with Crippen LogP contribution in [0.2, 0.25) is 5.02 Å². The molecule has 2 aromatic rings. The third kappa shape index (κ3) is 3.47. The van der Waals surface area contributed by atoms with Gasteiger partial charge in [0.1, 0.15) is 11.5 Å². The van der Waals surface area contributed by atoms with Crippen LogP contribution in [0.3, 0.4) is 0 Å². The first kappa shape index (κ1) is 13.4. The van der Waals surface area contributed by atoms with E-state index in [2.05, 4.69) is 6.07 Å². The molecule has 0 heterocycles. The summed E-state index contributed by atoms with van der Waals surface area (Å²) in [5, 5.41) is 18.4. The molecule has 19 heavy (non-hydrogen) atoms. The minimum Gasteiger partial charge on any atom is -0.457 e. The quantitative estimate of drug-likeness (QED) is 0.924. The van der Waals surface area contributed by atoms with Crippen molar-refractivity contribution in [1.29, 1.82) is 5.26 Å². The number of benzene rings is 2. The first-order valence-corrected chi connectivity index (χ1v) is 6.14. The zero-order valence-electron chi connectivity index (χ0n) is 10.1. The zero-order chi connectivity index (χ0) is 13.7. The van der Waals surface area contributed by atoms with Gasteiger partial charge in [0.05, 0.1) is 19.1 Å². The number of nitrogens with zero attached hydrogens (tertiary/aromatic N) is 1. The molecule has 96 valence electrons. The lowest BCUT2D eigenvalue weighted by atomic mass is 10.1. The first-order valence-electron chi connectivity index (χ1n) is 5.76.